The maximum atomic E-state index is 14.3. The van der Waals surface area contributed by atoms with E-state index in [9.17, 15) is 18.8 Å². The van der Waals surface area contributed by atoms with Crippen LogP contribution in [0.25, 0.3) is 0 Å². The van der Waals surface area contributed by atoms with Gasteiger partial charge in [-0.1, -0.05) is 12.1 Å². The Labute approximate surface area is 148 Å². The third-order valence-corrected chi connectivity index (χ3v) is 4.42. The van der Waals surface area contributed by atoms with Crippen LogP contribution in [0.2, 0.25) is 0 Å². The summed E-state index contributed by atoms with van der Waals surface area (Å²) in [6.07, 6.45) is 1.10. The highest BCUT2D eigenvalue weighted by Gasteiger charge is 2.47. The van der Waals surface area contributed by atoms with Gasteiger partial charge >= 0.3 is 5.97 Å². The maximum Gasteiger partial charge on any atom is 0.343 e. The van der Waals surface area contributed by atoms with Gasteiger partial charge in [-0.05, 0) is 24.3 Å². The van der Waals surface area contributed by atoms with E-state index in [0.717, 1.165) is 4.90 Å². The molecule has 0 radical (unpaired) electrons. The molecule has 2 aromatic rings. The van der Waals surface area contributed by atoms with Crippen LogP contribution in [-0.4, -0.2) is 53.6 Å². The predicted octanol–water partition coefficient (Wildman–Crippen LogP) is 2.20. The molecule has 1 aromatic carbocycles. The summed E-state index contributed by atoms with van der Waals surface area (Å²) in [6, 6.07) is 9.48. The number of rotatable bonds is 4. The Morgan fingerprint density at radius 3 is 2.58 bits per heavy atom. The molecule has 1 aromatic heterocycles. The number of para-hydroxylation sites is 1. The van der Waals surface area contributed by atoms with Crippen molar-refractivity contribution in [2.45, 2.75) is 12.1 Å². The van der Waals surface area contributed by atoms with E-state index in [2.05, 4.69) is 0 Å². The molecule has 2 amide bonds. The number of halogens is 1. The number of benzene rings is 1. The number of aliphatic carboxylic acids is 1. The van der Waals surface area contributed by atoms with Crippen molar-refractivity contribution in [3.05, 3.63) is 54.0 Å². The van der Waals surface area contributed by atoms with Gasteiger partial charge < -0.3 is 19.3 Å². The molecule has 136 valence electrons. The van der Waals surface area contributed by atoms with Gasteiger partial charge in [0.1, 0.15) is 0 Å². The highest BCUT2D eigenvalue weighted by molar-refractivity contribution is 6.09. The Kier molecular flexibility index (Phi) is 4.50. The molecule has 1 unspecified atom stereocenters. The molecule has 3 rings (SSSR count). The van der Waals surface area contributed by atoms with Crippen molar-refractivity contribution in [3.63, 3.8) is 0 Å². The second kappa shape index (κ2) is 6.62. The van der Waals surface area contributed by atoms with Gasteiger partial charge in [0.2, 0.25) is 5.67 Å². The number of likely N-dealkylation sites (tertiary alicyclic amines) is 1. The molecular formula is C18H17FN2O5. The smallest absolute Gasteiger partial charge is 0.343 e. The molecule has 0 spiro atoms. The topological polar surface area (TPSA) is 91.1 Å². The van der Waals surface area contributed by atoms with E-state index < -0.39 is 30.0 Å². The number of hydrogen-bond acceptors (Lipinski definition) is 4. The first kappa shape index (κ1) is 17.7. The Morgan fingerprint density at radius 1 is 1.23 bits per heavy atom. The third kappa shape index (κ3) is 3.05. The number of furan rings is 1. The average Bonchev–Trinajstić information content (AvgIpc) is 3.30. The van der Waals surface area contributed by atoms with Crippen LogP contribution in [0.5, 0.6) is 0 Å². The summed E-state index contributed by atoms with van der Waals surface area (Å²) in [7, 11) is 1.50. The Hall–Kier alpha value is -3.16. The monoisotopic (exact) mass is 360 g/mol. The van der Waals surface area contributed by atoms with Crippen LogP contribution in [0.15, 0.2) is 47.1 Å². The SMILES string of the molecule is CN(C(=O)c1ccco1)c1ccccc1C(=O)N1CCC(F)(C(=O)O)C1. The quantitative estimate of drug-likeness (QED) is 0.903. The summed E-state index contributed by atoms with van der Waals surface area (Å²) in [5, 5.41) is 8.99. The Morgan fingerprint density at radius 2 is 1.96 bits per heavy atom. The fraction of sp³-hybridized carbons (Fsp3) is 0.278. The number of alkyl halides is 1. The number of amides is 2. The molecule has 1 saturated heterocycles. The number of hydrogen-bond donors (Lipinski definition) is 1. The van der Waals surface area contributed by atoms with Gasteiger partial charge in [-0.3, -0.25) is 9.59 Å². The minimum absolute atomic E-state index is 0.00812. The molecule has 0 saturated carbocycles. The predicted molar refractivity (Wildman–Crippen MR) is 89.9 cm³/mol. The van der Waals surface area contributed by atoms with Crippen molar-refractivity contribution >= 4 is 23.5 Å². The normalized spacial score (nSPS) is 19.4. The highest BCUT2D eigenvalue weighted by Crippen LogP contribution is 2.29. The second-order valence-corrected chi connectivity index (χ2v) is 6.11. The lowest BCUT2D eigenvalue weighted by molar-refractivity contribution is -0.149. The van der Waals surface area contributed by atoms with Crippen molar-refractivity contribution < 1.29 is 28.3 Å². The number of carbonyl (C=O) groups is 3. The average molecular weight is 360 g/mol. The van der Waals surface area contributed by atoms with E-state index in [1.165, 1.54) is 30.3 Å². The number of nitrogens with zero attached hydrogens (tertiary/aromatic N) is 2. The standard InChI is InChI=1S/C18H17FN2O5/c1-20(16(23)14-7-4-10-26-14)13-6-3-2-5-12(13)15(22)21-9-8-18(19,11-21)17(24)25/h2-7,10H,8-9,11H2,1H3,(H,24,25). The van der Waals surface area contributed by atoms with E-state index in [4.69, 9.17) is 9.52 Å². The van der Waals surface area contributed by atoms with Crippen LogP contribution in [0.3, 0.4) is 0 Å². The highest BCUT2D eigenvalue weighted by atomic mass is 19.1. The summed E-state index contributed by atoms with van der Waals surface area (Å²) in [6.45, 7) is -0.531. The molecular weight excluding hydrogens is 343 g/mol. The van der Waals surface area contributed by atoms with Crippen molar-refractivity contribution in [2.24, 2.45) is 0 Å². The number of carbonyl (C=O) groups excluding carboxylic acids is 2. The van der Waals surface area contributed by atoms with E-state index in [1.54, 1.807) is 24.3 Å². The fourth-order valence-electron chi connectivity index (χ4n) is 2.91. The van der Waals surface area contributed by atoms with Crippen molar-refractivity contribution in [1.82, 2.24) is 4.90 Å². The number of carboxylic acid groups (broad SMARTS) is 1. The Bertz CT molecular complexity index is 851. The molecule has 0 bridgehead atoms. The molecule has 0 aliphatic carbocycles. The first-order valence-corrected chi connectivity index (χ1v) is 7.96. The van der Waals surface area contributed by atoms with Gasteiger partial charge in [-0.25, -0.2) is 9.18 Å². The first-order valence-electron chi connectivity index (χ1n) is 7.96. The summed E-state index contributed by atoms with van der Waals surface area (Å²) in [4.78, 5) is 38.7. The van der Waals surface area contributed by atoms with Crippen molar-refractivity contribution in [1.29, 1.82) is 0 Å². The van der Waals surface area contributed by atoms with Gasteiger partial charge in [0.05, 0.1) is 24.1 Å². The molecule has 8 heteroatoms. The van der Waals surface area contributed by atoms with Crippen molar-refractivity contribution in [2.75, 3.05) is 25.0 Å². The molecule has 1 fully saturated rings. The lowest BCUT2D eigenvalue weighted by atomic mass is 10.1. The lowest BCUT2D eigenvalue weighted by Crippen LogP contribution is -2.39. The molecule has 1 aliphatic heterocycles. The zero-order valence-corrected chi connectivity index (χ0v) is 14.0. The van der Waals surface area contributed by atoms with Crippen LogP contribution in [0.1, 0.15) is 27.3 Å². The maximum absolute atomic E-state index is 14.3. The van der Waals surface area contributed by atoms with Gasteiger partial charge in [0, 0.05) is 20.0 Å². The molecule has 1 atom stereocenters. The number of anilines is 1. The summed E-state index contributed by atoms with van der Waals surface area (Å²) < 4.78 is 19.4. The molecule has 2 heterocycles. The molecule has 1 aliphatic rings. The van der Waals surface area contributed by atoms with E-state index >= 15 is 0 Å². The zero-order valence-electron chi connectivity index (χ0n) is 14.0. The number of carboxylic acids is 1. The Balaban J connectivity index is 1.87. The van der Waals surface area contributed by atoms with Crippen molar-refractivity contribution in [3.8, 4) is 0 Å². The van der Waals surface area contributed by atoms with Crippen LogP contribution >= 0.6 is 0 Å². The van der Waals surface area contributed by atoms with Gasteiger partial charge in [0.25, 0.3) is 11.8 Å². The van der Waals surface area contributed by atoms with Crippen LogP contribution in [0, 0.1) is 0 Å². The van der Waals surface area contributed by atoms with Gasteiger partial charge in [-0.15, -0.1) is 0 Å². The molecule has 26 heavy (non-hydrogen) atoms. The summed E-state index contributed by atoms with van der Waals surface area (Å²) in [5.74, 6) is -2.43. The van der Waals surface area contributed by atoms with Crippen LogP contribution < -0.4 is 4.90 Å². The van der Waals surface area contributed by atoms with E-state index in [-0.39, 0.29) is 24.3 Å². The fourth-order valence-corrected chi connectivity index (χ4v) is 2.91. The second-order valence-electron chi connectivity index (χ2n) is 6.11. The minimum atomic E-state index is -2.44. The molecule has 7 nitrogen and oxygen atoms in total. The van der Waals surface area contributed by atoms with E-state index in [0.29, 0.717) is 5.69 Å². The van der Waals surface area contributed by atoms with Crippen LogP contribution in [-0.2, 0) is 4.79 Å². The van der Waals surface area contributed by atoms with Crippen LogP contribution in [0.4, 0.5) is 10.1 Å². The summed E-state index contributed by atoms with van der Waals surface area (Å²) in [5.41, 5.74) is -1.93. The zero-order chi connectivity index (χ0) is 18.9. The van der Waals surface area contributed by atoms with E-state index in [1.807, 2.05) is 0 Å². The first-order chi connectivity index (χ1) is 12.3. The van der Waals surface area contributed by atoms with Gasteiger partial charge in [0.15, 0.2) is 5.76 Å². The largest absolute Gasteiger partial charge is 0.479 e. The minimum Gasteiger partial charge on any atom is -0.479 e. The summed E-state index contributed by atoms with van der Waals surface area (Å²) >= 11 is 0. The lowest BCUT2D eigenvalue weighted by Gasteiger charge is -2.23. The van der Waals surface area contributed by atoms with Gasteiger partial charge in [-0.2, -0.15) is 0 Å². The third-order valence-electron chi connectivity index (χ3n) is 4.42. The molecule has 1 N–H and O–H groups in total.